The number of rotatable bonds is 5. The van der Waals surface area contributed by atoms with E-state index < -0.39 is 21.2 Å². The van der Waals surface area contributed by atoms with Crippen molar-refractivity contribution in [2.45, 2.75) is 38.0 Å². The lowest BCUT2D eigenvalue weighted by atomic mass is 10.1. The average molecular weight is 264 g/mol. The summed E-state index contributed by atoms with van der Waals surface area (Å²) in [5.41, 5.74) is 0. The first-order valence-corrected chi connectivity index (χ1v) is 7.35. The summed E-state index contributed by atoms with van der Waals surface area (Å²) in [7, 11) is -3.74. The molecule has 0 radical (unpaired) electrons. The highest BCUT2D eigenvalue weighted by Gasteiger charge is 2.37. The third-order valence-electron chi connectivity index (χ3n) is 3.15. The van der Waals surface area contributed by atoms with Gasteiger partial charge in [-0.25, -0.2) is 8.42 Å². The van der Waals surface area contributed by atoms with Crippen LogP contribution in [0.1, 0.15) is 26.7 Å². The van der Waals surface area contributed by atoms with Crippen LogP contribution in [0.15, 0.2) is 0 Å². The highest BCUT2D eigenvalue weighted by molar-refractivity contribution is 7.90. The van der Waals surface area contributed by atoms with E-state index in [2.05, 4.69) is 5.32 Å². The maximum atomic E-state index is 12.1. The van der Waals surface area contributed by atoms with Gasteiger partial charge in [-0.3, -0.25) is 4.79 Å². The Balaban J connectivity index is 2.88. The molecule has 6 nitrogen and oxygen atoms in total. The van der Waals surface area contributed by atoms with Crippen molar-refractivity contribution >= 4 is 16.0 Å². The standard InChI is InChI=1S/C10H20N2O4S/c1-3-12(9-4-6-11-7-5-9)17(15,16)8(2)10(13)14/h8-9,11H,3-7H2,1-2H3,(H,13,14). The van der Waals surface area contributed by atoms with Gasteiger partial charge in [0.15, 0.2) is 5.25 Å². The van der Waals surface area contributed by atoms with Crippen LogP contribution in [0, 0.1) is 0 Å². The van der Waals surface area contributed by atoms with Gasteiger partial charge in [-0.05, 0) is 32.9 Å². The number of aliphatic carboxylic acids is 1. The topological polar surface area (TPSA) is 86.7 Å². The molecule has 1 saturated heterocycles. The summed E-state index contributed by atoms with van der Waals surface area (Å²) in [6.45, 7) is 4.84. The molecule has 2 N–H and O–H groups in total. The van der Waals surface area contributed by atoms with Crippen LogP contribution in [0.5, 0.6) is 0 Å². The number of carbonyl (C=O) groups is 1. The van der Waals surface area contributed by atoms with Crippen molar-refractivity contribution in [3.63, 3.8) is 0 Å². The Bertz CT molecular complexity index is 363. The average Bonchev–Trinajstić information content (AvgIpc) is 2.29. The van der Waals surface area contributed by atoms with E-state index in [0.717, 1.165) is 25.9 Å². The van der Waals surface area contributed by atoms with Crippen molar-refractivity contribution in [2.24, 2.45) is 0 Å². The number of nitrogens with one attached hydrogen (secondary N) is 1. The van der Waals surface area contributed by atoms with Gasteiger partial charge in [0.1, 0.15) is 0 Å². The second-order valence-corrected chi connectivity index (χ2v) is 6.42. The molecule has 1 rings (SSSR count). The normalized spacial score (nSPS) is 20.4. The van der Waals surface area contributed by atoms with Gasteiger partial charge in [0.05, 0.1) is 0 Å². The fraction of sp³-hybridized carbons (Fsp3) is 0.900. The van der Waals surface area contributed by atoms with Gasteiger partial charge in [0.2, 0.25) is 10.0 Å². The van der Waals surface area contributed by atoms with Crippen molar-refractivity contribution in [2.75, 3.05) is 19.6 Å². The van der Waals surface area contributed by atoms with Crippen molar-refractivity contribution in [1.82, 2.24) is 9.62 Å². The van der Waals surface area contributed by atoms with Crippen molar-refractivity contribution in [3.05, 3.63) is 0 Å². The Kier molecular flexibility index (Phi) is 4.91. The fourth-order valence-electron chi connectivity index (χ4n) is 2.07. The van der Waals surface area contributed by atoms with E-state index in [4.69, 9.17) is 5.11 Å². The third-order valence-corrected chi connectivity index (χ3v) is 5.45. The molecule has 7 heteroatoms. The molecule has 100 valence electrons. The van der Waals surface area contributed by atoms with Gasteiger partial charge in [-0.1, -0.05) is 6.92 Å². The Morgan fingerprint density at radius 3 is 2.41 bits per heavy atom. The molecular weight excluding hydrogens is 244 g/mol. The van der Waals surface area contributed by atoms with Crippen LogP contribution < -0.4 is 5.32 Å². The first-order chi connectivity index (χ1) is 7.91. The Morgan fingerprint density at radius 2 is 2.00 bits per heavy atom. The summed E-state index contributed by atoms with van der Waals surface area (Å²) in [5.74, 6) is -1.29. The van der Waals surface area contributed by atoms with E-state index in [1.807, 2.05) is 0 Å². The maximum absolute atomic E-state index is 12.1. The van der Waals surface area contributed by atoms with Gasteiger partial charge in [-0.15, -0.1) is 0 Å². The first kappa shape index (κ1) is 14.4. The predicted octanol–water partition coefficient (Wildman–Crippen LogP) is -0.137. The monoisotopic (exact) mass is 264 g/mol. The van der Waals surface area contributed by atoms with Crippen LogP contribution in [0.3, 0.4) is 0 Å². The SMILES string of the molecule is CCN(C1CCNCC1)S(=O)(=O)C(C)C(=O)O. The summed E-state index contributed by atoms with van der Waals surface area (Å²) < 4.78 is 25.6. The van der Waals surface area contributed by atoms with Crippen molar-refractivity contribution in [3.8, 4) is 0 Å². The molecule has 0 spiro atoms. The van der Waals surface area contributed by atoms with Gasteiger partial charge in [0.25, 0.3) is 0 Å². The molecule has 1 atom stereocenters. The van der Waals surface area contributed by atoms with Gasteiger partial charge >= 0.3 is 5.97 Å². The Labute approximate surface area is 102 Å². The van der Waals surface area contributed by atoms with Crippen LogP contribution in [0.25, 0.3) is 0 Å². The van der Waals surface area contributed by atoms with E-state index in [0.29, 0.717) is 6.54 Å². The number of carboxylic acid groups (broad SMARTS) is 1. The molecule has 0 saturated carbocycles. The van der Waals surface area contributed by atoms with Crippen LogP contribution in [-0.2, 0) is 14.8 Å². The fourth-order valence-corrected chi connectivity index (χ4v) is 3.72. The first-order valence-electron chi connectivity index (χ1n) is 5.85. The van der Waals surface area contributed by atoms with Crippen LogP contribution in [-0.4, -0.2) is 54.7 Å². The quantitative estimate of drug-likeness (QED) is 0.722. The minimum atomic E-state index is -3.74. The number of hydrogen-bond donors (Lipinski definition) is 2. The lowest BCUT2D eigenvalue weighted by Gasteiger charge is -2.33. The molecule has 1 aliphatic rings. The molecule has 0 amide bonds. The number of piperidine rings is 1. The minimum Gasteiger partial charge on any atom is -0.480 e. The molecule has 17 heavy (non-hydrogen) atoms. The van der Waals surface area contributed by atoms with Crippen molar-refractivity contribution in [1.29, 1.82) is 0 Å². The second kappa shape index (κ2) is 5.79. The van der Waals surface area contributed by atoms with Gasteiger partial charge in [0, 0.05) is 12.6 Å². The maximum Gasteiger partial charge on any atom is 0.323 e. The molecule has 1 fully saturated rings. The number of hydrogen-bond acceptors (Lipinski definition) is 4. The van der Waals surface area contributed by atoms with Crippen LogP contribution >= 0.6 is 0 Å². The lowest BCUT2D eigenvalue weighted by molar-refractivity contribution is -0.136. The minimum absolute atomic E-state index is 0.0759. The summed E-state index contributed by atoms with van der Waals surface area (Å²) >= 11 is 0. The van der Waals surface area contributed by atoms with Gasteiger partial charge in [-0.2, -0.15) is 4.31 Å². The molecular formula is C10H20N2O4S. The third kappa shape index (κ3) is 3.17. The Morgan fingerprint density at radius 1 is 1.47 bits per heavy atom. The van der Waals surface area contributed by atoms with E-state index >= 15 is 0 Å². The van der Waals surface area contributed by atoms with Crippen LogP contribution in [0.2, 0.25) is 0 Å². The molecule has 0 aromatic rings. The van der Waals surface area contributed by atoms with E-state index in [1.165, 1.54) is 11.2 Å². The number of nitrogens with zero attached hydrogens (tertiary/aromatic N) is 1. The molecule has 1 heterocycles. The summed E-state index contributed by atoms with van der Waals surface area (Å²) in [6, 6.07) is -0.0759. The largest absolute Gasteiger partial charge is 0.480 e. The Hall–Kier alpha value is -0.660. The number of sulfonamides is 1. The van der Waals surface area contributed by atoms with Crippen LogP contribution in [0.4, 0.5) is 0 Å². The molecule has 0 aromatic heterocycles. The zero-order chi connectivity index (χ0) is 13.1. The highest BCUT2D eigenvalue weighted by atomic mass is 32.2. The molecule has 1 unspecified atom stereocenters. The van der Waals surface area contributed by atoms with Gasteiger partial charge < -0.3 is 10.4 Å². The molecule has 0 aliphatic carbocycles. The summed E-state index contributed by atoms with van der Waals surface area (Å²) in [6.07, 6.45) is 1.47. The second-order valence-electron chi connectivity index (χ2n) is 4.21. The molecule has 1 aliphatic heterocycles. The van der Waals surface area contributed by atoms with E-state index in [1.54, 1.807) is 6.92 Å². The molecule has 0 aromatic carbocycles. The zero-order valence-electron chi connectivity index (χ0n) is 10.2. The summed E-state index contributed by atoms with van der Waals surface area (Å²) in [5, 5.41) is 10.6. The molecule has 0 bridgehead atoms. The highest BCUT2D eigenvalue weighted by Crippen LogP contribution is 2.19. The lowest BCUT2D eigenvalue weighted by Crippen LogP contribution is -2.50. The predicted molar refractivity (Wildman–Crippen MR) is 64.3 cm³/mol. The smallest absolute Gasteiger partial charge is 0.323 e. The summed E-state index contributed by atoms with van der Waals surface area (Å²) in [4.78, 5) is 10.8. The zero-order valence-corrected chi connectivity index (χ0v) is 11.0. The number of carboxylic acids is 1. The van der Waals surface area contributed by atoms with Crippen molar-refractivity contribution < 1.29 is 18.3 Å². The van der Waals surface area contributed by atoms with E-state index in [9.17, 15) is 13.2 Å². The van der Waals surface area contributed by atoms with E-state index in [-0.39, 0.29) is 6.04 Å².